The van der Waals surface area contributed by atoms with Crippen molar-refractivity contribution in [2.75, 3.05) is 22.7 Å². The molecule has 2 aliphatic rings. The van der Waals surface area contributed by atoms with Crippen molar-refractivity contribution in [3.05, 3.63) is 47.8 Å². The summed E-state index contributed by atoms with van der Waals surface area (Å²) < 4.78 is 48.3. The van der Waals surface area contributed by atoms with Gasteiger partial charge in [-0.3, -0.25) is 14.4 Å². The average molecular weight is 463 g/mol. The third kappa shape index (κ3) is 4.47. The summed E-state index contributed by atoms with van der Waals surface area (Å²) in [6.45, 7) is 1.29. The van der Waals surface area contributed by atoms with E-state index < -0.39 is 28.0 Å². The van der Waals surface area contributed by atoms with E-state index in [0.29, 0.717) is 5.56 Å². The molecule has 11 heteroatoms. The van der Waals surface area contributed by atoms with Crippen molar-refractivity contribution < 1.29 is 32.2 Å². The number of ether oxygens (including phenoxy) is 1. The minimum atomic E-state index is -4.14. The number of hydrogen-bond acceptors (Lipinski definition) is 5. The largest absolute Gasteiger partial charge is 0.484 e. The average Bonchev–Trinajstić information content (AvgIpc) is 3.56. The number of halogens is 1. The van der Waals surface area contributed by atoms with Crippen LogP contribution in [0.1, 0.15) is 31.2 Å². The minimum Gasteiger partial charge on any atom is -0.484 e. The molecule has 9 nitrogen and oxygen atoms in total. The number of anilines is 2. The molecule has 0 saturated heterocycles. The molecule has 2 amide bonds. The van der Waals surface area contributed by atoms with Crippen LogP contribution in [0, 0.1) is 5.82 Å². The summed E-state index contributed by atoms with van der Waals surface area (Å²) in [6.07, 6.45) is -0.358. The molecule has 0 spiro atoms. The predicted octanol–water partition coefficient (Wildman–Crippen LogP) is 2.89. The molecule has 1 unspecified atom stereocenters. The Morgan fingerprint density at radius 2 is 1.97 bits per heavy atom. The molecule has 32 heavy (non-hydrogen) atoms. The van der Waals surface area contributed by atoms with Crippen LogP contribution in [0.5, 0.6) is 5.75 Å². The first-order valence-corrected chi connectivity index (χ1v) is 11.5. The molecule has 170 valence electrons. The Morgan fingerprint density at radius 3 is 2.62 bits per heavy atom. The van der Waals surface area contributed by atoms with E-state index in [9.17, 15) is 22.4 Å². The molecule has 1 aliphatic carbocycles. The molecular weight excluding hydrogens is 441 g/mol. The summed E-state index contributed by atoms with van der Waals surface area (Å²) in [5, 5.41) is 13.8. The molecule has 1 atom stereocenters. The molecule has 1 aliphatic heterocycles. The minimum absolute atomic E-state index is 0.0148. The highest BCUT2D eigenvalue weighted by Gasteiger charge is 2.36. The Kier molecular flexibility index (Phi) is 5.68. The number of amides is 2. The Hall–Kier alpha value is -3.34. The molecule has 0 bridgehead atoms. The number of rotatable bonds is 6. The number of sulfonamides is 1. The van der Waals surface area contributed by atoms with Gasteiger partial charge in [0.2, 0.25) is 5.91 Å². The first-order valence-electron chi connectivity index (χ1n) is 10.0. The lowest BCUT2D eigenvalue weighted by Gasteiger charge is -2.35. The normalized spacial score (nSPS) is 17.8. The highest BCUT2D eigenvalue weighted by Crippen LogP contribution is 2.43. The standard InChI is InChI=1S/C21H22FN3O6S/c1-12(26)23-10-15-11-25(19-8-14(24-21(27)28)4-7-20(19)31-15)32(29,30)16-5-6-18(22)17(9-16)13-2-3-13/h4-9,13,15,24H,2-3,10-11H2,1H3,(H,23,26)(H,27,28). The summed E-state index contributed by atoms with van der Waals surface area (Å²) in [7, 11) is -4.14. The van der Waals surface area contributed by atoms with E-state index in [1.165, 1.54) is 37.3 Å². The first-order chi connectivity index (χ1) is 15.1. The molecule has 2 aromatic rings. The van der Waals surface area contributed by atoms with Crippen LogP contribution in [0.25, 0.3) is 0 Å². The van der Waals surface area contributed by atoms with E-state index in [1.807, 2.05) is 0 Å². The third-order valence-electron chi connectivity index (χ3n) is 5.29. The summed E-state index contributed by atoms with van der Waals surface area (Å²) in [4.78, 5) is 22.3. The summed E-state index contributed by atoms with van der Waals surface area (Å²) >= 11 is 0. The van der Waals surface area contributed by atoms with Gasteiger partial charge in [-0.2, -0.15) is 0 Å². The van der Waals surface area contributed by atoms with E-state index in [-0.39, 0.29) is 46.9 Å². The molecule has 1 heterocycles. The highest BCUT2D eigenvalue weighted by molar-refractivity contribution is 7.92. The molecular formula is C21H22FN3O6S. The van der Waals surface area contributed by atoms with Gasteiger partial charge in [-0.1, -0.05) is 0 Å². The van der Waals surface area contributed by atoms with E-state index in [4.69, 9.17) is 9.84 Å². The topological polar surface area (TPSA) is 125 Å². The van der Waals surface area contributed by atoms with Crippen LogP contribution >= 0.6 is 0 Å². The smallest absolute Gasteiger partial charge is 0.409 e. The zero-order valence-corrected chi connectivity index (χ0v) is 18.0. The molecule has 1 fully saturated rings. The second-order valence-electron chi connectivity index (χ2n) is 7.78. The van der Waals surface area contributed by atoms with Crippen LogP contribution in [-0.4, -0.2) is 44.7 Å². The van der Waals surface area contributed by atoms with Gasteiger partial charge >= 0.3 is 6.09 Å². The number of fused-ring (bicyclic) bond motifs is 1. The van der Waals surface area contributed by atoms with Gasteiger partial charge in [0.25, 0.3) is 10.0 Å². The summed E-state index contributed by atoms with van der Waals surface area (Å²) in [6, 6.07) is 8.00. The number of carbonyl (C=O) groups is 2. The van der Waals surface area contributed by atoms with Gasteiger partial charge in [-0.15, -0.1) is 0 Å². The van der Waals surface area contributed by atoms with Crippen molar-refractivity contribution in [3.63, 3.8) is 0 Å². The van der Waals surface area contributed by atoms with Crippen molar-refractivity contribution in [2.24, 2.45) is 0 Å². The zero-order valence-electron chi connectivity index (χ0n) is 17.2. The molecule has 0 aromatic heterocycles. The lowest BCUT2D eigenvalue weighted by molar-refractivity contribution is -0.119. The Balaban J connectivity index is 1.75. The third-order valence-corrected chi connectivity index (χ3v) is 7.07. The molecule has 3 N–H and O–H groups in total. The van der Waals surface area contributed by atoms with Gasteiger partial charge in [-0.05, 0) is 60.7 Å². The molecule has 0 radical (unpaired) electrons. The maximum Gasteiger partial charge on any atom is 0.409 e. The predicted molar refractivity (Wildman–Crippen MR) is 114 cm³/mol. The second kappa shape index (κ2) is 8.30. The first kappa shape index (κ1) is 21.9. The monoisotopic (exact) mass is 463 g/mol. The van der Waals surface area contributed by atoms with Gasteiger partial charge in [0, 0.05) is 12.6 Å². The van der Waals surface area contributed by atoms with Crippen molar-refractivity contribution in [1.29, 1.82) is 0 Å². The van der Waals surface area contributed by atoms with Crippen LogP contribution in [-0.2, 0) is 14.8 Å². The zero-order chi connectivity index (χ0) is 23.0. The van der Waals surface area contributed by atoms with E-state index >= 15 is 0 Å². The number of carboxylic acid groups (broad SMARTS) is 1. The lowest BCUT2D eigenvalue weighted by atomic mass is 10.1. The fourth-order valence-electron chi connectivity index (χ4n) is 3.62. The number of carbonyl (C=O) groups excluding carboxylic acids is 1. The van der Waals surface area contributed by atoms with Crippen LogP contribution in [0.15, 0.2) is 41.3 Å². The Bertz CT molecular complexity index is 1180. The van der Waals surface area contributed by atoms with Crippen molar-refractivity contribution >= 4 is 33.4 Å². The van der Waals surface area contributed by atoms with E-state index in [0.717, 1.165) is 23.2 Å². The fourth-order valence-corrected chi connectivity index (χ4v) is 5.16. The van der Waals surface area contributed by atoms with Crippen molar-refractivity contribution in [3.8, 4) is 5.75 Å². The van der Waals surface area contributed by atoms with Gasteiger partial charge in [0.15, 0.2) is 0 Å². The Labute approximate surface area is 184 Å². The summed E-state index contributed by atoms with van der Waals surface area (Å²) in [5.41, 5.74) is 0.682. The molecule has 4 rings (SSSR count). The van der Waals surface area contributed by atoms with Crippen LogP contribution in [0.4, 0.5) is 20.6 Å². The second-order valence-corrected chi connectivity index (χ2v) is 9.65. The summed E-state index contributed by atoms with van der Waals surface area (Å²) in [5.74, 6) is -0.496. The van der Waals surface area contributed by atoms with Gasteiger partial charge in [0.1, 0.15) is 17.7 Å². The number of benzene rings is 2. The number of hydrogen-bond donors (Lipinski definition) is 3. The maximum absolute atomic E-state index is 14.2. The molecule has 1 saturated carbocycles. The SMILES string of the molecule is CC(=O)NCC1CN(S(=O)(=O)c2ccc(F)c(C3CC3)c2)c2cc(NC(=O)O)ccc2O1. The van der Waals surface area contributed by atoms with E-state index in [2.05, 4.69) is 10.6 Å². The fraction of sp³-hybridized carbons (Fsp3) is 0.333. The van der Waals surface area contributed by atoms with Crippen LogP contribution < -0.4 is 19.7 Å². The van der Waals surface area contributed by atoms with Crippen molar-refractivity contribution in [2.45, 2.75) is 36.7 Å². The van der Waals surface area contributed by atoms with Gasteiger partial charge in [-0.25, -0.2) is 17.6 Å². The number of nitrogens with zero attached hydrogens (tertiary/aromatic N) is 1. The lowest BCUT2D eigenvalue weighted by Crippen LogP contribution is -2.48. The van der Waals surface area contributed by atoms with E-state index in [1.54, 1.807) is 0 Å². The molecule has 2 aromatic carbocycles. The van der Waals surface area contributed by atoms with Crippen LogP contribution in [0.3, 0.4) is 0 Å². The number of nitrogens with one attached hydrogen (secondary N) is 2. The quantitative estimate of drug-likeness (QED) is 0.605. The maximum atomic E-state index is 14.2. The Morgan fingerprint density at radius 1 is 1.22 bits per heavy atom. The van der Waals surface area contributed by atoms with Crippen LogP contribution in [0.2, 0.25) is 0 Å². The van der Waals surface area contributed by atoms with Gasteiger partial charge < -0.3 is 15.2 Å². The van der Waals surface area contributed by atoms with Gasteiger partial charge in [0.05, 0.1) is 23.7 Å². The van der Waals surface area contributed by atoms with Crippen molar-refractivity contribution in [1.82, 2.24) is 5.32 Å². The highest BCUT2D eigenvalue weighted by atomic mass is 32.2.